The van der Waals surface area contributed by atoms with Crippen molar-refractivity contribution in [3.05, 3.63) is 23.8 Å². The number of benzene rings is 1. The molecule has 2 heterocycles. The van der Waals surface area contributed by atoms with Crippen molar-refractivity contribution < 1.29 is 0 Å². The number of aromatic amines is 2. The number of nitrogens with one attached hydrogen (secondary N) is 2. The van der Waals surface area contributed by atoms with Crippen LogP contribution in [-0.4, -0.2) is 19.9 Å². The van der Waals surface area contributed by atoms with Gasteiger partial charge in [0.25, 0.3) is 0 Å². The third kappa shape index (κ3) is 1.66. The highest BCUT2D eigenvalue weighted by Crippen LogP contribution is 2.19. The van der Waals surface area contributed by atoms with Gasteiger partial charge in [-0.15, -0.1) is 0 Å². The summed E-state index contributed by atoms with van der Waals surface area (Å²) >= 11 is 0. The summed E-state index contributed by atoms with van der Waals surface area (Å²) in [5, 5.41) is 0. The standard InChI is InChI=1S/C10H10N4.C2H6/c1-5-11-7-3-9-10(4-8(7)12-5)14-6(2)13-9;1-2/h3-4H,1-2H3,(H,11,12)(H,13,14);1-2H3. The van der Waals surface area contributed by atoms with Gasteiger partial charge in [0.15, 0.2) is 0 Å². The molecule has 0 aliphatic carbocycles. The molecule has 0 fully saturated rings. The lowest BCUT2D eigenvalue weighted by atomic mass is 10.3. The summed E-state index contributed by atoms with van der Waals surface area (Å²) in [6.07, 6.45) is 0. The zero-order valence-corrected chi connectivity index (χ0v) is 10.0. The van der Waals surface area contributed by atoms with Crippen LogP contribution in [-0.2, 0) is 0 Å². The van der Waals surface area contributed by atoms with Gasteiger partial charge >= 0.3 is 0 Å². The summed E-state index contributed by atoms with van der Waals surface area (Å²) < 4.78 is 0. The molecule has 0 saturated heterocycles. The number of hydrogen-bond acceptors (Lipinski definition) is 2. The monoisotopic (exact) mass is 216 g/mol. The highest BCUT2D eigenvalue weighted by molar-refractivity contribution is 5.91. The van der Waals surface area contributed by atoms with Crippen LogP contribution in [0.1, 0.15) is 25.5 Å². The van der Waals surface area contributed by atoms with Crippen molar-refractivity contribution in [3.63, 3.8) is 0 Å². The predicted molar refractivity (Wildman–Crippen MR) is 66.6 cm³/mol. The van der Waals surface area contributed by atoms with Gasteiger partial charge in [0.1, 0.15) is 11.6 Å². The Bertz CT molecular complexity index is 516. The molecule has 2 N–H and O–H groups in total. The summed E-state index contributed by atoms with van der Waals surface area (Å²) in [6.45, 7) is 7.90. The summed E-state index contributed by atoms with van der Waals surface area (Å²) in [5.41, 5.74) is 4.06. The van der Waals surface area contributed by atoms with Gasteiger partial charge in [0.2, 0.25) is 0 Å². The van der Waals surface area contributed by atoms with E-state index in [4.69, 9.17) is 0 Å². The molecule has 16 heavy (non-hydrogen) atoms. The molecule has 2 aromatic heterocycles. The van der Waals surface area contributed by atoms with E-state index >= 15 is 0 Å². The first-order valence-corrected chi connectivity index (χ1v) is 5.55. The molecule has 84 valence electrons. The van der Waals surface area contributed by atoms with E-state index in [1.165, 1.54) is 0 Å². The van der Waals surface area contributed by atoms with Crippen molar-refractivity contribution in [1.82, 2.24) is 19.9 Å². The van der Waals surface area contributed by atoms with E-state index in [-0.39, 0.29) is 0 Å². The molecule has 0 aliphatic heterocycles. The Morgan fingerprint density at radius 2 is 1.25 bits per heavy atom. The summed E-state index contributed by atoms with van der Waals surface area (Å²) in [7, 11) is 0. The molecular formula is C12H16N4. The quantitative estimate of drug-likeness (QED) is 0.606. The Morgan fingerprint density at radius 3 is 1.69 bits per heavy atom. The van der Waals surface area contributed by atoms with Crippen LogP contribution in [0.15, 0.2) is 12.1 Å². The average molecular weight is 216 g/mol. The third-order valence-electron chi connectivity index (χ3n) is 2.32. The van der Waals surface area contributed by atoms with Crippen LogP contribution in [0.5, 0.6) is 0 Å². The van der Waals surface area contributed by atoms with Crippen LogP contribution < -0.4 is 0 Å². The molecule has 0 atom stereocenters. The van der Waals surface area contributed by atoms with E-state index in [0.29, 0.717) is 0 Å². The molecule has 3 rings (SSSR count). The third-order valence-corrected chi connectivity index (χ3v) is 2.32. The van der Waals surface area contributed by atoms with Gasteiger partial charge in [-0.05, 0) is 26.0 Å². The normalized spacial score (nSPS) is 10.5. The fourth-order valence-electron chi connectivity index (χ4n) is 1.77. The number of rotatable bonds is 0. The Hall–Kier alpha value is -1.84. The fraction of sp³-hybridized carbons (Fsp3) is 0.333. The predicted octanol–water partition coefficient (Wildman–Crippen LogP) is 3.08. The number of aromatic nitrogens is 4. The second-order valence-electron chi connectivity index (χ2n) is 3.53. The summed E-state index contributed by atoms with van der Waals surface area (Å²) in [5.74, 6) is 1.87. The topological polar surface area (TPSA) is 57.4 Å². The minimum absolute atomic E-state index is 0.935. The molecule has 0 spiro atoms. The van der Waals surface area contributed by atoms with Crippen molar-refractivity contribution in [3.8, 4) is 0 Å². The fourth-order valence-corrected chi connectivity index (χ4v) is 1.77. The van der Waals surface area contributed by atoms with Gasteiger partial charge < -0.3 is 9.97 Å². The molecule has 1 aromatic carbocycles. The minimum Gasteiger partial charge on any atom is -0.342 e. The van der Waals surface area contributed by atoms with Gasteiger partial charge in [0, 0.05) is 0 Å². The van der Waals surface area contributed by atoms with E-state index < -0.39 is 0 Å². The Morgan fingerprint density at radius 1 is 0.812 bits per heavy atom. The van der Waals surface area contributed by atoms with Crippen LogP contribution >= 0.6 is 0 Å². The molecular weight excluding hydrogens is 200 g/mol. The minimum atomic E-state index is 0.935. The number of aryl methyl sites for hydroxylation is 2. The van der Waals surface area contributed by atoms with E-state index in [0.717, 1.165) is 33.7 Å². The van der Waals surface area contributed by atoms with Gasteiger partial charge in [-0.2, -0.15) is 0 Å². The van der Waals surface area contributed by atoms with Crippen LogP contribution in [0.4, 0.5) is 0 Å². The lowest BCUT2D eigenvalue weighted by molar-refractivity contribution is 1.16. The van der Waals surface area contributed by atoms with Gasteiger partial charge in [0.05, 0.1) is 22.1 Å². The van der Waals surface area contributed by atoms with Crippen molar-refractivity contribution in [1.29, 1.82) is 0 Å². The van der Waals surface area contributed by atoms with E-state index in [2.05, 4.69) is 19.9 Å². The molecule has 0 saturated carbocycles. The largest absolute Gasteiger partial charge is 0.342 e. The molecule has 0 radical (unpaired) electrons. The molecule has 0 amide bonds. The number of nitrogens with zero attached hydrogens (tertiary/aromatic N) is 2. The Kier molecular flexibility index (Phi) is 2.64. The molecule has 0 unspecified atom stereocenters. The molecule has 4 nitrogen and oxygen atoms in total. The number of H-pyrrole nitrogens is 2. The van der Waals surface area contributed by atoms with Gasteiger partial charge in [-0.25, -0.2) is 9.97 Å². The van der Waals surface area contributed by atoms with Crippen molar-refractivity contribution in [2.75, 3.05) is 0 Å². The first-order chi connectivity index (χ1) is 7.72. The van der Waals surface area contributed by atoms with Crippen molar-refractivity contribution in [2.45, 2.75) is 27.7 Å². The maximum absolute atomic E-state index is 4.36. The van der Waals surface area contributed by atoms with Crippen LogP contribution in [0.2, 0.25) is 0 Å². The number of hydrogen-bond donors (Lipinski definition) is 2. The first kappa shape index (κ1) is 10.7. The highest BCUT2D eigenvalue weighted by atomic mass is 14.9. The number of imidazole rings is 2. The van der Waals surface area contributed by atoms with Crippen LogP contribution in [0.25, 0.3) is 22.1 Å². The van der Waals surface area contributed by atoms with Crippen LogP contribution in [0, 0.1) is 13.8 Å². The highest BCUT2D eigenvalue weighted by Gasteiger charge is 2.04. The summed E-state index contributed by atoms with van der Waals surface area (Å²) in [4.78, 5) is 15.1. The second-order valence-corrected chi connectivity index (χ2v) is 3.53. The first-order valence-electron chi connectivity index (χ1n) is 5.55. The van der Waals surface area contributed by atoms with Gasteiger partial charge in [-0.1, -0.05) is 13.8 Å². The molecule has 0 aliphatic rings. The number of fused-ring (bicyclic) bond motifs is 2. The lowest BCUT2D eigenvalue weighted by Gasteiger charge is -1.87. The SMILES string of the molecule is CC.Cc1nc2cc3nc(C)[nH]c3cc2[nH]1. The van der Waals surface area contributed by atoms with E-state index in [1.807, 2.05) is 39.8 Å². The van der Waals surface area contributed by atoms with Crippen molar-refractivity contribution >= 4 is 22.1 Å². The molecule has 4 heteroatoms. The van der Waals surface area contributed by atoms with Crippen LogP contribution in [0.3, 0.4) is 0 Å². The maximum Gasteiger partial charge on any atom is 0.104 e. The average Bonchev–Trinajstić information content (AvgIpc) is 2.76. The van der Waals surface area contributed by atoms with E-state index in [1.54, 1.807) is 0 Å². The van der Waals surface area contributed by atoms with E-state index in [9.17, 15) is 0 Å². The van der Waals surface area contributed by atoms with Gasteiger partial charge in [-0.3, -0.25) is 0 Å². The van der Waals surface area contributed by atoms with Crippen molar-refractivity contribution in [2.24, 2.45) is 0 Å². The Labute approximate surface area is 94.1 Å². The summed E-state index contributed by atoms with van der Waals surface area (Å²) in [6, 6.07) is 4.04. The smallest absolute Gasteiger partial charge is 0.104 e. The maximum atomic E-state index is 4.36. The zero-order valence-electron chi connectivity index (χ0n) is 10.0. The molecule has 0 bridgehead atoms. The second kappa shape index (κ2) is 3.96. The zero-order chi connectivity index (χ0) is 11.7. The Balaban J connectivity index is 0.000000457. The molecule has 3 aromatic rings. The lowest BCUT2D eigenvalue weighted by Crippen LogP contribution is -1.71.